The number of carbonyl (C=O) groups is 1. The van der Waals surface area contributed by atoms with Crippen LogP contribution in [-0.2, 0) is 17.7 Å². The summed E-state index contributed by atoms with van der Waals surface area (Å²) in [5.74, 6) is -0.174. The maximum Gasteiger partial charge on any atom is 0.258 e. The lowest BCUT2D eigenvalue weighted by atomic mass is 10.1. The van der Waals surface area contributed by atoms with Crippen LogP contribution in [0, 0.1) is 0 Å². The Morgan fingerprint density at radius 2 is 2.09 bits per heavy atom. The van der Waals surface area contributed by atoms with Crippen LogP contribution in [0.3, 0.4) is 0 Å². The van der Waals surface area contributed by atoms with E-state index in [2.05, 4.69) is 20.7 Å². The molecule has 1 unspecified atom stereocenters. The van der Waals surface area contributed by atoms with Crippen molar-refractivity contribution in [1.29, 1.82) is 0 Å². The van der Waals surface area contributed by atoms with Crippen molar-refractivity contribution < 1.29 is 9.53 Å². The van der Waals surface area contributed by atoms with Gasteiger partial charge in [0.05, 0.1) is 31.0 Å². The number of nitrogens with one attached hydrogen (secondary N) is 3. The lowest BCUT2D eigenvalue weighted by Gasteiger charge is -2.23. The van der Waals surface area contributed by atoms with Gasteiger partial charge in [0, 0.05) is 48.5 Å². The number of nitrogens with zero attached hydrogens (tertiary/aromatic N) is 2. The molecule has 4 aromatic rings. The number of halogens is 1. The van der Waals surface area contributed by atoms with Crippen molar-refractivity contribution in [2.45, 2.75) is 19.1 Å². The van der Waals surface area contributed by atoms with Gasteiger partial charge in [-0.2, -0.15) is 5.10 Å². The molecule has 0 saturated carbocycles. The zero-order chi connectivity index (χ0) is 21.0. The van der Waals surface area contributed by atoms with E-state index >= 15 is 0 Å². The van der Waals surface area contributed by atoms with Gasteiger partial charge in [-0.1, -0.05) is 36.4 Å². The van der Waals surface area contributed by atoms with Gasteiger partial charge >= 0.3 is 0 Å². The van der Waals surface area contributed by atoms with Gasteiger partial charge in [-0.3, -0.25) is 9.48 Å². The summed E-state index contributed by atoms with van der Waals surface area (Å²) in [5.41, 5.74) is 4.64. The molecule has 166 valence electrons. The van der Waals surface area contributed by atoms with Crippen LogP contribution in [0.15, 0.2) is 67.1 Å². The molecule has 3 N–H and O–H groups in total. The van der Waals surface area contributed by atoms with Gasteiger partial charge in [-0.15, -0.1) is 12.4 Å². The smallest absolute Gasteiger partial charge is 0.258 e. The summed E-state index contributed by atoms with van der Waals surface area (Å²) in [6.45, 7) is 3.17. The van der Waals surface area contributed by atoms with Crippen molar-refractivity contribution in [3.63, 3.8) is 0 Å². The van der Waals surface area contributed by atoms with Crippen LogP contribution >= 0.6 is 12.4 Å². The highest BCUT2D eigenvalue weighted by Crippen LogP contribution is 2.24. The van der Waals surface area contributed by atoms with E-state index in [1.165, 1.54) is 5.56 Å². The number of anilines is 1. The van der Waals surface area contributed by atoms with Crippen LogP contribution in [-0.4, -0.2) is 46.5 Å². The van der Waals surface area contributed by atoms with E-state index in [9.17, 15) is 4.79 Å². The SMILES string of the molecule is Cl.O=C(Nc1ccc2c(CC3CNCCO3)c[nH]c2c1)c1cnn(Cc2ccccc2)c1. The summed E-state index contributed by atoms with van der Waals surface area (Å²) in [6, 6.07) is 16.0. The fourth-order valence-electron chi connectivity index (χ4n) is 3.97. The van der Waals surface area contributed by atoms with Crippen LogP contribution in [0.1, 0.15) is 21.5 Å². The first-order valence-electron chi connectivity index (χ1n) is 10.5. The monoisotopic (exact) mass is 451 g/mol. The van der Waals surface area contributed by atoms with Crippen molar-refractivity contribution >= 4 is 34.9 Å². The minimum atomic E-state index is -0.174. The Hall–Kier alpha value is -3.13. The third-order valence-electron chi connectivity index (χ3n) is 5.56. The first-order valence-corrected chi connectivity index (χ1v) is 10.5. The summed E-state index contributed by atoms with van der Waals surface area (Å²) < 4.78 is 7.59. The van der Waals surface area contributed by atoms with E-state index in [-0.39, 0.29) is 24.4 Å². The number of carbonyl (C=O) groups excluding carboxylic acids is 1. The Morgan fingerprint density at radius 1 is 1.22 bits per heavy atom. The number of fused-ring (bicyclic) bond motifs is 1. The van der Waals surface area contributed by atoms with Gasteiger partial charge in [0.1, 0.15) is 0 Å². The Kier molecular flexibility index (Phi) is 6.90. The average Bonchev–Trinajstić information content (AvgIpc) is 3.42. The van der Waals surface area contributed by atoms with Gasteiger partial charge in [-0.25, -0.2) is 0 Å². The quantitative estimate of drug-likeness (QED) is 0.418. The Balaban J connectivity index is 0.00000245. The molecule has 1 saturated heterocycles. The van der Waals surface area contributed by atoms with Crippen LogP contribution in [0.25, 0.3) is 10.9 Å². The van der Waals surface area contributed by atoms with Crippen molar-refractivity contribution in [3.8, 4) is 0 Å². The van der Waals surface area contributed by atoms with Crippen LogP contribution in [0.4, 0.5) is 5.69 Å². The topological polar surface area (TPSA) is 84.0 Å². The zero-order valence-corrected chi connectivity index (χ0v) is 18.4. The summed E-state index contributed by atoms with van der Waals surface area (Å²) in [5, 5.41) is 11.8. The van der Waals surface area contributed by atoms with Gasteiger partial charge in [0.15, 0.2) is 0 Å². The van der Waals surface area contributed by atoms with Gasteiger partial charge < -0.3 is 20.4 Å². The summed E-state index contributed by atoms with van der Waals surface area (Å²) in [6.07, 6.45) is 6.45. The molecule has 0 bridgehead atoms. The molecule has 7 nitrogen and oxygen atoms in total. The lowest BCUT2D eigenvalue weighted by Crippen LogP contribution is -2.39. The van der Waals surface area contributed by atoms with Crippen molar-refractivity contribution in [3.05, 3.63) is 83.8 Å². The zero-order valence-electron chi connectivity index (χ0n) is 17.6. The Bertz CT molecular complexity index is 1180. The third kappa shape index (κ3) is 5.02. The molecule has 32 heavy (non-hydrogen) atoms. The number of ether oxygens (including phenoxy) is 1. The van der Waals surface area contributed by atoms with Crippen molar-refractivity contribution in [2.75, 3.05) is 25.0 Å². The molecule has 1 amide bonds. The fourth-order valence-corrected chi connectivity index (χ4v) is 3.97. The number of hydrogen-bond acceptors (Lipinski definition) is 4. The van der Waals surface area contributed by atoms with Gasteiger partial charge in [0.25, 0.3) is 5.91 Å². The predicted octanol–water partition coefficient (Wildman–Crippen LogP) is 3.62. The Labute approximate surface area is 192 Å². The van der Waals surface area contributed by atoms with E-state index in [0.29, 0.717) is 12.1 Å². The number of hydrogen-bond donors (Lipinski definition) is 3. The largest absolute Gasteiger partial charge is 0.375 e. The molecule has 0 radical (unpaired) electrons. The van der Waals surface area contributed by atoms with Gasteiger partial charge in [0.2, 0.25) is 0 Å². The van der Waals surface area contributed by atoms with E-state index in [0.717, 1.165) is 48.3 Å². The number of rotatable bonds is 6. The normalized spacial score (nSPS) is 15.9. The second-order valence-corrected chi connectivity index (χ2v) is 7.84. The van der Waals surface area contributed by atoms with Crippen molar-refractivity contribution in [1.82, 2.24) is 20.1 Å². The van der Waals surface area contributed by atoms with E-state index in [4.69, 9.17) is 4.74 Å². The molecule has 3 heterocycles. The minimum Gasteiger partial charge on any atom is -0.375 e. The summed E-state index contributed by atoms with van der Waals surface area (Å²) in [4.78, 5) is 16.0. The highest BCUT2D eigenvalue weighted by molar-refractivity contribution is 6.04. The molecule has 8 heteroatoms. The van der Waals surface area contributed by atoms with Crippen molar-refractivity contribution in [2.24, 2.45) is 0 Å². The second kappa shape index (κ2) is 9.99. The molecular weight excluding hydrogens is 426 g/mol. The van der Waals surface area contributed by atoms with Gasteiger partial charge in [-0.05, 0) is 23.3 Å². The van der Waals surface area contributed by atoms with Crippen LogP contribution in [0.2, 0.25) is 0 Å². The van der Waals surface area contributed by atoms with E-state index < -0.39 is 0 Å². The predicted molar refractivity (Wildman–Crippen MR) is 128 cm³/mol. The first kappa shape index (κ1) is 22.1. The molecule has 1 aliphatic rings. The van der Waals surface area contributed by atoms with E-state index in [1.54, 1.807) is 17.1 Å². The molecule has 2 aromatic carbocycles. The second-order valence-electron chi connectivity index (χ2n) is 7.84. The molecule has 2 aromatic heterocycles. The maximum absolute atomic E-state index is 12.7. The highest BCUT2D eigenvalue weighted by atomic mass is 35.5. The first-order chi connectivity index (χ1) is 15.2. The number of aromatic nitrogens is 3. The molecule has 0 spiro atoms. The maximum atomic E-state index is 12.7. The molecule has 0 aliphatic carbocycles. The number of morpholine rings is 1. The number of benzene rings is 2. The van der Waals surface area contributed by atoms with Crippen LogP contribution < -0.4 is 10.6 Å². The number of aromatic amines is 1. The standard InChI is InChI=1S/C24H25N5O2.ClH/c30-24(19-13-27-29(16-19)15-17-4-2-1-3-5-17)28-20-6-7-22-18(12-26-23(22)11-20)10-21-14-25-8-9-31-21;/h1-7,11-13,16,21,25-26H,8-10,14-15H2,(H,28,30);1H. The minimum absolute atomic E-state index is 0. The highest BCUT2D eigenvalue weighted by Gasteiger charge is 2.16. The van der Waals surface area contributed by atoms with E-state index in [1.807, 2.05) is 54.7 Å². The fraction of sp³-hybridized carbons (Fsp3) is 0.250. The molecule has 1 atom stereocenters. The molecule has 1 aliphatic heterocycles. The van der Waals surface area contributed by atoms with Crippen LogP contribution in [0.5, 0.6) is 0 Å². The molecule has 1 fully saturated rings. The number of H-pyrrole nitrogens is 1. The summed E-state index contributed by atoms with van der Waals surface area (Å²) >= 11 is 0. The molecule has 5 rings (SSSR count). The molecular formula is C24H26ClN5O2. The average molecular weight is 452 g/mol. The Morgan fingerprint density at radius 3 is 2.91 bits per heavy atom. The number of amides is 1. The third-order valence-corrected chi connectivity index (χ3v) is 5.56. The lowest BCUT2D eigenvalue weighted by molar-refractivity contribution is 0.0294. The summed E-state index contributed by atoms with van der Waals surface area (Å²) in [7, 11) is 0.